The number of aromatic nitrogens is 2. The van der Waals surface area contributed by atoms with Gasteiger partial charge in [-0.25, -0.2) is 4.98 Å². The predicted molar refractivity (Wildman–Crippen MR) is 70.1 cm³/mol. The van der Waals surface area contributed by atoms with Gasteiger partial charge in [-0.15, -0.1) is 0 Å². The number of rotatable bonds is 8. The van der Waals surface area contributed by atoms with Gasteiger partial charge >= 0.3 is 0 Å². The predicted octanol–water partition coefficient (Wildman–Crippen LogP) is 1.76. The van der Waals surface area contributed by atoms with Crippen LogP contribution in [0.3, 0.4) is 0 Å². The molecule has 0 aromatic carbocycles. The van der Waals surface area contributed by atoms with Gasteiger partial charge in [-0.3, -0.25) is 0 Å². The maximum absolute atomic E-state index is 5.59. The van der Waals surface area contributed by atoms with Crippen molar-refractivity contribution in [2.24, 2.45) is 7.05 Å². The smallest absolute Gasteiger partial charge is 0.110 e. The fourth-order valence-corrected chi connectivity index (χ4v) is 2.15. The van der Waals surface area contributed by atoms with Gasteiger partial charge in [0.25, 0.3) is 0 Å². The van der Waals surface area contributed by atoms with Gasteiger partial charge < -0.3 is 14.6 Å². The zero-order valence-electron chi connectivity index (χ0n) is 11.4. The maximum Gasteiger partial charge on any atom is 0.110 e. The number of aryl methyl sites for hydroxylation is 1. The molecule has 1 aromatic heterocycles. The molecule has 4 nitrogen and oxygen atoms in total. The summed E-state index contributed by atoms with van der Waals surface area (Å²) < 4.78 is 7.67. The van der Waals surface area contributed by atoms with E-state index in [1.807, 2.05) is 19.4 Å². The van der Waals surface area contributed by atoms with Crippen LogP contribution < -0.4 is 5.32 Å². The van der Waals surface area contributed by atoms with E-state index in [-0.39, 0.29) is 6.10 Å². The highest BCUT2D eigenvalue weighted by Crippen LogP contribution is 2.11. The highest BCUT2D eigenvalue weighted by Gasteiger charge is 2.21. The Hall–Kier alpha value is -0.870. The van der Waals surface area contributed by atoms with E-state index in [2.05, 4.69) is 28.7 Å². The SMILES string of the molecule is CCCC(OC)C(Cc1nccn1C)NCC. The van der Waals surface area contributed by atoms with Crippen molar-refractivity contribution >= 4 is 0 Å². The number of ether oxygens (including phenoxy) is 1. The molecule has 1 rings (SSSR count). The third-order valence-electron chi connectivity index (χ3n) is 3.11. The van der Waals surface area contributed by atoms with Crippen molar-refractivity contribution in [2.75, 3.05) is 13.7 Å². The molecule has 0 saturated carbocycles. The number of nitrogens with one attached hydrogen (secondary N) is 1. The third-order valence-corrected chi connectivity index (χ3v) is 3.11. The summed E-state index contributed by atoms with van der Waals surface area (Å²) in [6, 6.07) is 0.339. The van der Waals surface area contributed by atoms with E-state index in [4.69, 9.17) is 4.74 Å². The molecule has 98 valence electrons. The van der Waals surface area contributed by atoms with Crippen LogP contribution in [0.15, 0.2) is 12.4 Å². The quantitative estimate of drug-likeness (QED) is 0.751. The number of imidazole rings is 1. The molecule has 0 aliphatic carbocycles. The Kier molecular flexibility index (Phi) is 6.22. The van der Waals surface area contributed by atoms with E-state index in [0.29, 0.717) is 6.04 Å². The minimum atomic E-state index is 0.261. The Bertz CT molecular complexity index is 311. The maximum atomic E-state index is 5.59. The van der Waals surface area contributed by atoms with Crippen molar-refractivity contribution in [1.29, 1.82) is 0 Å². The summed E-state index contributed by atoms with van der Waals surface area (Å²) in [4.78, 5) is 4.38. The molecule has 0 amide bonds. The molecule has 1 N–H and O–H groups in total. The molecule has 0 radical (unpaired) electrons. The van der Waals surface area contributed by atoms with E-state index in [1.165, 1.54) is 0 Å². The molecule has 1 aromatic rings. The summed E-state index contributed by atoms with van der Waals surface area (Å²) in [7, 11) is 3.83. The summed E-state index contributed by atoms with van der Waals surface area (Å²) in [6.45, 7) is 5.28. The topological polar surface area (TPSA) is 39.1 Å². The van der Waals surface area contributed by atoms with Gasteiger partial charge in [0.1, 0.15) is 5.82 Å². The number of hydrogen-bond donors (Lipinski definition) is 1. The summed E-state index contributed by atoms with van der Waals surface area (Å²) in [5.74, 6) is 1.11. The Morgan fingerprint density at radius 3 is 2.71 bits per heavy atom. The van der Waals surface area contributed by atoms with Crippen LogP contribution in [0.25, 0.3) is 0 Å². The van der Waals surface area contributed by atoms with E-state index in [1.54, 1.807) is 7.11 Å². The fourth-order valence-electron chi connectivity index (χ4n) is 2.15. The lowest BCUT2D eigenvalue weighted by Gasteiger charge is -2.26. The molecule has 2 atom stereocenters. The van der Waals surface area contributed by atoms with Crippen LogP contribution >= 0.6 is 0 Å². The Balaban J connectivity index is 2.67. The van der Waals surface area contributed by atoms with Gasteiger partial charge in [0.15, 0.2) is 0 Å². The van der Waals surface area contributed by atoms with Crippen molar-refractivity contribution in [3.63, 3.8) is 0 Å². The Morgan fingerprint density at radius 2 is 2.24 bits per heavy atom. The molecule has 2 unspecified atom stereocenters. The first-order valence-electron chi connectivity index (χ1n) is 6.45. The summed E-state index contributed by atoms with van der Waals surface area (Å²) in [6.07, 6.45) is 7.23. The summed E-state index contributed by atoms with van der Waals surface area (Å²) in [5, 5.41) is 3.51. The minimum Gasteiger partial charge on any atom is -0.380 e. The highest BCUT2D eigenvalue weighted by molar-refractivity contribution is 4.96. The van der Waals surface area contributed by atoms with Crippen LogP contribution in [-0.4, -0.2) is 35.4 Å². The molecular weight excluding hydrogens is 214 g/mol. The third kappa shape index (κ3) is 4.13. The van der Waals surface area contributed by atoms with Gasteiger partial charge in [0.2, 0.25) is 0 Å². The van der Waals surface area contributed by atoms with Crippen molar-refractivity contribution in [3.05, 3.63) is 18.2 Å². The Morgan fingerprint density at radius 1 is 1.47 bits per heavy atom. The number of nitrogens with zero attached hydrogens (tertiary/aromatic N) is 2. The van der Waals surface area contributed by atoms with Crippen LogP contribution in [0.1, 0.15) is 32.5 Å². The van der Waals surface area contributed by atoms with Crippen molar-refractivity contribution in [2.45, 2.75) is 45.3 Å². The van der Waals surface area contributed by atoms with Gasteiger partial charge in [-0.2, -0.15) is 0 Å². The second-order valence-corrected chi connectivity index (χ2v) is 4.39. The number of hydrogen-bond acceptors (Lipinski definition) is 3. The van der Waals surface area contributed by atoms with E-state index < -0.39 is 0 Å². The van der Waals surface area contributed by atoms with Gasteiger partial charge in [-0.1, -0.05) is 20.3 Å². The second kappa shape index (κ2) is 7.45. The zero-order chi connectivity index (χ0) is 12.7. The van der Waals surface area contributed by atoms with Crippen molar-refractivity contribution < 1.29 is 4.74 Å². The van der Waals surface area contributed by atoms with Gasteiger partial charge in [0.05, 0.1) is 6.10 Å². The first kappa shape index (κ1) is 14.2. The summed E-state index contributed by atoms with van der Waals surface area (Å²) in [5.41, 5.74) is 0. The number of likely N-dealkylation sites (N-methyl/N-ethyl adjacent to an activating group) is 1. The molecular formula is C13H25N3O. The molecule has 4 heteroatoms. The molecule has 0 aliphatic heterocycles. The van der Waals surface area contributed by atoms with Crippen LogP contribution in [-0.2, 0) is 18.2 Å². The number of methoxy groups -OCH3 is 1. The molecule has 0 saturated heterocycles. The molecule has 0 aliphatic rings. The average molecular weight is 239 g/mol. The fraction of sp³-hybridized carbons (Fsp3) is 0.769. The zero-order valence-corrected chi connectivity index (χ0v) is 11.4. The molecule has 17 heavy (non-hydrogen) atoms. The standard InChI is InChI=1S/C13H25N3O/c1-5-7-12(17-4)11(14-6-2)10-13-15-8-9-16(13)3/h8-9,11-12,14H,5-7,10H2,1-4H3. The van der Waals surface area contributed by atoms with E-state index >= 15 is 0 Å². The largest absolute Gasteiger partial charge is 0.380 e. The minimum absolute atomic E-state index is 0.261. The van der Waals surface area contributed by atoms with E-state index in [9.17, 15) is 0 Å². The van der Waals surface area contributed by atoms with Gasteiger partial charge in [0, 0.05) is 39.0 Å². The Labute approximate surface area is 104 Å². The summed E-state index contributed by atoms with van der Waals surface area (Å²) >= 11 is 0. The average Bonchev–Trinajstić information content (AvgIpc) is 2.71. The van der Waals surface area contributed by atoms with Crippen LogP contribution in [0.5, 0.6) is 0 Å². The highest BCUT2D eigenvalue weighted by atomic mass is 16.5. The van der Waals surface area contributed by atoms with Crippen molar-refractivity contribution in [3.8, 4) is 0 Å². The molecule has 0 fully saturated rings. The molecule has 1 heterocycles. The van der Waals surface area contributed by atoms with Gasteiger partial charge in [-0.05, 0) is 13.0 Å². The molecule has 0 bridgehead atoms. The lowest BCUT2D eigenvalue weighted by molar-refractivity contribution is 0.0606. The normalized spacial score (nSPS) is 14.8. The lowest BCUT2D eigenvalue weighted by Crippen LogP contribution is -2.43. The van der Waals surface area contributed by atoms with Crippen LogP contribution in [0.2, 0.25) is 0 Å². The molecule has 0 spiro atoms. The second-order valence-electron chi connectivity index (χ2n) is 4.39. The van der Waals surface area contributed by atoms with E-state index in [0.717, 1.165) is 31.6 Å². The first-order chi connectivity index (χ1) is 8.22. The first-order valence-corrected chi connectivity index (χ1v) is 6.45. The van der Waals surface area contributed by atoms with Crippen LogP contribution in [0.4, 0.5) is 0 Å². The lowest BCUT2D eigenvalue weighted by atomic mass is 10.0. The monoisotopic (exact) mass is 239 g/mol. The van der Waals surface area contributed by atoms with Crippen LogP contribution in [0, 0.1) is 0 Å². The van der Waals surface area contributed by atoms with Crippen molar-refractivity contribution in [1.82, 2.24) is 14.9 Å².